The molecule has 2 fully saturated rings. The number of fused-ring (bicyclic) bond motifs is 3. The van der Waals surface area contributed by atoms with Gasteiger partial charge in [0.1, 0.15) is 23.0 Å². The third kappa shape index (κ3) is 5.80. The van der Waals surface area contributed by atoms with Gasteiger partial charge in [-0.05, 0) is 66.6 Å². The number of piperazine rings is 1. The van der Waals surface area contributed by atoms with E-state index < -0.39 is 0 Å². The maximum Gasteiger partial charge on any atom is 0.276 e. The van der Waals surface area contributed by atoms with Crippen molar-refractivity contribution >= 4 is 37.0 Å². The molecule has 12 nitrogen and oxygen atoms in total. The van der Waals surface area contributed by atoms with Crippen LogP contribution in [0.1, 0.15) is 48.1 Å². The summed E-state index contributed by atoms with van der Waals surface area (Å²) in [5.41, 5.74) is 7.25. The molecule has 0 saturated carbocycles. The van der Waals surface area contributed by atoms with Gasteiger partial charge in [0, 0.05) is 75.0 Å². The minimum absolute atomic E-state index is 0.0490. The molecule has 2 saturated heterocycles. The zero-order valence-corrected chi connectivity index (χ0v) is 29.6. The first-order valence-electron chi connectivity index (χ1n) is 17.6. The van der Waals surface area contributed by atoms with Crippen LogP contribution in [0.3, 0.4) is 0 Å². The number of aryl methyl sites for hydroxylation is 1. The second kappa shape index (κ2) is 12.7. The van der Waals surface area contributed by atoms with Gasteiger partial charge in [0.05, 0.1) is 37.7 Å². The number of rotatable bonds is 8. The lowest BCUT2D eigenvalue weighted by Gasteiger charge is -2.46. The molecule has 1 amide bonds. The molecule has 1 aliphatic carbocycles. The lowest BCUT2D eigenvalue weighted by atomic mass is 9.90. The van der Waals surface area contributed by atoms with E-state index in [0.29, 0.717) is 36.0 Å². The fourth-order valence-electron chi connectivity index (χ4n) is 8.24. The Morgan fingerprint density at radius 3 is 2.62 bits per heavy atom. The Morgan fingerprint density at radius 1 is 1.06 bits per heavy atom. The van der Waals surface area contributed by atoms with Crippen molar-refractivity contribution in [2.45, 2.75) is 58.8 Å². The van der Waals surface area contributed by atoms with Gasteiger partial charge in [-0.15, -0.1) is 0 Å². The third-order valence-corrected chi connectivity index (χ3v) is 10.8. The Kier molecular flexibility index (Phi) is 8.32. The van der Waals surface area contributed by atoms with Crippen LogP contribution >= 0.6 is 0 Å². The van der Waals surface area contributed by atoms with E-state index in [1.807, 2.05) is 30.6 Å². The molecule has 1 N–H and O–H groups in total. The van der Waals surface area contributed by atoms with Crippen molar-refractivity contribution in [3.63, 3.8) is 0 Å². The number of aromatic nitrogens is 4. The third-order valence-electron chi connectivity index (χ3n) is 10.8. The standard InChI is InChI=1S/C37H45BN8O4/c1-23-18-43(27-20-49-21-27)9-10-44(23)26-5-6-33(40-17-26)41-30-13-25(19-42(4)35(30)47)28-7-8-39-34(29(28)22-50-38)46-12-11-45-31(36(46)48)14-24-15-37(2,3)16-32(24)45/h5-8,13-14,17,19,23,27H,9-12,15-16,18,20-22,38H2,1-4H3,(H,40,41)/t23-/m0/s1. The van der Waals surface area contributed by atoms with Gasteiger partial charge in [0.2, 0.25) is 0 Å². The highest BCUT2D eigenvalue weighted by atomic mass is 16.5. The Bertz CT molecular complexity index is 2000. The first-order chi connectivity index (χ1) is 24.1. The minimum Gasteiger partial charge on any atom is -0.440 e. The summed E-state index contributed by atoms with van der Waals surface area (Å²) in [5, 5.41) is 3.27. The molecule has 13 heteroatoms. The second-order valence-corrected chi connectivity index (χ2v) is 15.0. The van der Waals surface area contributed by atoms with Crippen LogP contribution < -0.4 is 20.7 Å². The Morgan fingerprint density at radius 2 is 1.90 bits per heavy atom. The molecule has 0 aromatic carbocycles. The predicted octanol–water partition coefficient (Wildman–Crippen LogP) is 3.15. The number of anilines is 4. The fraction of sp³-hybridized carbons (Fsp3) is 0.459. The van der Waals surface area contributed by atoms with Crippen LogP contribution in [-0.4, -0.2) is 89.4 Å². The molecule has 1 atom stereocenters. The average molecular weight is 677 g/mol. The first kappa shape index (κ1) is 32.7. The zero-order chi connectivity index (χ0) is 34.7. The Labute approximate surface area is 293 Å². The Hall–Kier alpha value is -4.46. The van der Waals surface area contributed by atoms with Crippen LogP contribution in [0.15, 0.2) is 53.7 Å². The van der Waals surface area contributed by atoms with Crippen molar-refractivity contribution in [1.82, 2.24) is 24.0 Å². The van der Waals surface area contributed by atoms with Gasteiger partial charge in [-0.25, -0.2) is 9.97 Å². The van der Waals surface area contributed by atoms with Gasteiger partial charge in [0.25, 0.3) is 19.5 Å². The molecule has 3 aliphatic heterocycles. The highest BCUT2D eigenvalue weighted by Gasteiger charge is 2.38. The van der Waals surface area contributed by atoms with Gasteiger partial charge in [-0.3, -0.25) is 19.4 Å². The van der Waals surface area contributed by atoms with Crippen LogP contribution in [0.4, 0.5) is 23.0 Å². The normalized spacial score (nSPS) is 20.5. The number of nitrogens with zero attached hydrogens (tertiary/aromatic N) is 7. The summed E-state index contributed by atoms with van der Waals surface area (Å²) in [6.45, 7) is 12.9. The molecule has 50 heavy (non-hydrogen) atoms. The van der Waals surface area contributed by atoms with E-state index in [2.05, 4.69) is 52.6 Å². The topological polar surface area (TPSA) is 110 Å². The van der Waals surface area contributed by atoms with Crippen molar-refractivity contribution in [3.8, 4) is 11.1 Å². The lowest BCUT2D eigenvalue weighted by molar-refractivity contribution is -0.0691. The summed E-state index contributed by atoms with van der Waals surface area (Å²) >= 11 is 0. The molecule has 0 unspecified atom stereocenters. The average Bonchev–Trinajstić information content (AvgIpc) is 3.55. The summed E-state index contributed by atoms with van der Waals surface area (Å²) in [7, 11) is 3.38. The van der Waals surface area contributed by atoms with Crippen molar-refractivity contribution in [3.05, 3.63) is 81.8 Å². The highest BCUT2D eigenvalue weighted by molar-refractivity contribution is 6.06. The lowest BCUT2D eigenvalue weighted by Crippen LogP contribution is -2.59. The van der Waals surface area contributed by atoms with E-state index in [-0.39, 0.29) is 23.5 Å². The quantitative estimate of drug-likeness (QED) is 0.282. The van der Waals surface area contributed by atoms with Gasteiger partial charge in [-0.1, -0.05) is 13.8 Å². The van der Waals surface area contributed by atoms with Crippen LogP contribution in [0, 0.1) is 5.41 Å². The molecule has 0 spiro atoms. The zero-order valence-electron chi connectivity index (χ0n) is 29.6. The molecule has 7 heterocycles. The number of amides is 1. The van der Waals surface area contributed by atoms with Gasteiger partial charge in [0.15, 0.2) is 0 Å². The summed E-state index contributed by atoms with van der Waals surface area (Å²) in [5.74, 6) is 1.12. The molecule has 260 valence electrons. The largest absolute Gasteiger partial charge is 0.440 e. The van der Waals surface area contributed by atoms with E-state index in [0.717, 1.165) is 80.3 Å². The smallest absolute Gasteiger partial charge is 0.276 e. The number of ether oxygens (including phenoxy) is 1. The minimum atomic E-state index is -0.171. The number of nitrogens with one attached hydrogen (secondary N) is 1. The van der Waals surface area contributed by atoms with E-state index in [1.165, 1.54) is 11.3 Å². The van der Waals surface area contributed by atoms with Crippen molar-refractivity contribution in [1.29, 1.82) is 0 Å². The van der Waals surface area contributed by atoms with Crippen LogP contribution in [0.2, 0.25) is 0 Å². The highest BCUT2D eigenvalue weighted by Crippen LogP contribution is 2.40. The summed E-state index contributed by atoms with van der Waals surface area (Å²) < 4.78 is 14.9. The van der Waals surface area contributed by atoms with Gasteiger partial charge < -0.3 is 28.7 Å². The van der Waals surface area contributed by atoms with Crippen LogP contribution in [-0.2, 0) is 42.4 Å². The molecule has 4 aliphatic rings. The summed E-state index contributed by atoms with van der Waals surface area (Å²) in [4.78, 5) is 43.5. The molecular formula is C37H45BN8O4. The molecular weight excluding hydrogens is 631 g/mol. The first-order valence-corrected chi connectivity index (χ1v) is 17.6. The predicted molar refractivity (Wildman–Crippen MR) is 196 cm³/mol. The van der Waals surface area contributed by atoms with Gasteiger partial charge in [-0.2, -0.15) is 0 Å². The van der Waals surface area contributed by atoms with Crippen molar-refractivity contribution < 1.29 is 14.2 Å². The number of pyridine rings is 3. The van der Waals surface area contributed by atoms with Crippen molar-refractivity contribution in [2.24, 2.45) is 12.5 Å². The molecule has 8 rings (SSSR count). The number of carbonyl (C=O) groups is 1. The van der Waals surface area contributed by atoms with Gasteiger partial charge >= 0.3 is 0 Å². The number of hydrogen-bond acceptors (Lipinski definition) is 9. The maximum atomic E-state index is 14.0. The monoisotopic (exact) mass is 676 g/mol. The van der Waals surface area contributed by atoms with E-state index >= 15 is 0 Å². The summed E-state index contributed by atoms with van der Waals surface area (Å²) in [6.07, 6.45) is 7.38. The fourth-order valence-corrected chi connectivity index (χ4v) is 8.24. The van der Waals surface area contributed by atoms with E-state index in [9.17, 15) is 9.59 Å². The molecule has 4 aromatic rings. The van der Waals surface area contributed by atoms with E-state index in [4.69, 9.17) is 19.4 Å². The second-order valence-electron chi connectivity index (χ2n) is 15.0. The van der Waals surface area contributed by atoms with E-state index in [1.54, 1.807) is 30.8 Å². The van der Waals surface area contributed by atoms with Crippen LogP contribution in [0.5, 0.6) is 0 Å². The van der Waals surface area contributed by atoms with Crippen LogP contribution in [0.25, 0.3) is 11.1 Å². The summed E-state index contributed by atoms with van der Waals surface area (Å²) in [6, 6.07) is 10.7. The molecule has 0 bridgehead atoms. The molecule has 0 radical (unpaired) electrons. The number of carbonyl (C=O) groups excluding carboxylic acids is 1. The Balaban J connectivity index is 1.05. The SMILES string of the molecule is BOCc1c(-c2cc(Nc3ccc(N4CCN(C5COC5)C[C@@H]4C)cn3)c(=O)n(C)c2)ccnc1N1CCn2c(cc3c2CC(C)(C)C3)C1=O. The van der Waals surface area contributed by atoms with Crippen molar-refractivity contribution in [2.75, 3.05) is 54.5 Å². The molecule has 4 aromatic heterocycles. The number of hydrogen-bond donors (Lipinski definition) is 1. The maximum absolute atomic E-state index is 14.0.